The number of nitrogens with zero attached hydrogens (tertiary/aromatic N) is 1. The molecular formula is C17H22ClNO3. The second-order valence-corrected chi connectivity index (χ2v) is 6.01. The molecule has 1 aliphatic rings. The van der Waals surface area contributed by atoms with Crippen molar-refractivity contribution in [1.82, 2.24) is 4.90 Å². The van der Waals surface area contributed by atoms with Gasteiger partial charge in [-0.3, -0.25) is 4.79 Å². The summed E-state index contributed by atoms with van der Waals surface area (Å²) in [5, 5.41) is 0.694. The molecule has 0 aromatic heterocycles. The van der Waals surface area contributed by atoms with Crippen molar-refractivity contribution in [3.8, 4) is 0 Å². The molecule has 1 aliphatic heterocycles. The monoisotopic (exact) mass is 323 g/mol. The summed E-state index contributed by atoms with van der Waals surface area (Å²) in [6.07, 6.45) is 2.18. The molecule has 1 aromatic carbocycles. The van der Waals surface area contributed by atoms with Crippen LogP contribution in [0.5, 0.6) is 0 Å². The van der Waals surface area contributed by atoms with Crippen molar-refractivity contribution < 1.29 is 14.3 Å². The molecule has 120 valence electrons. The van der Waals surface area contributed by atoms with Crippen LogP contribution in [0.4, 0.5) is 0 Å². The zero-order chi connectivity index (χ0) is 16.2. The van der Waals surface area contributed by atoms with E-state index >= 15 is 0 Å². The van der Waals surface area contributed by atoms with Crippen LogP contribution in [0.2, 0.25) is 5.02 Å². The fourth-order valence-corrected chi connectivity index (χ4v) is 2.68. The van der Waals surface area contributed by atoms with Gasteiger partial charge in [0, 0.05) is 11.6 Å². The van der Waals surface area contributed by atoms with Crippen LogP contribution in [0, 0.1) is 6.92 Å². The number of carbonyl (C=O) groups is 1. The van der Waals surface area contributed by atoms with E-state index in [0.717, 1.165) is 17.5 Å². The molecule has 0 atom stereocenters. The van der Waals surface area contributed by atoms with Crippen molar-refractivity contribution >= 4 is 17.5 Å². The molecule has 0 unspecified atom stereocenters. The molecule has 5 heteroatoms. The average Bonchev–Trinajstić information content (AvgIpc) is 2.50. The number of ether oxygens (including phenoxy) is 2. The van der Waals surface area contributed by atoms with Crippen LogP contribution >= 0.6 is 11.6 Å². The summed E-state index contributed by atoms with van der Waals surface area (Å²) in [5.41, 5.74) is 1.98. The highest BCUT2D eigenvalue weighted by Crippen LogP contribution is 2.24. The molecule has 22 heavy (non-hydrogen) atoms. The summed E-state index contributed by atoms with van der Waals surface area (Å²) in [6.45, 7) is 9.47. The molecular weight excluding hydrogens is 302 g/mol. The van der Waals surface area contributed by atoms with E-state index in [9.17, 15) is 4.79 Å². The van der Waals surface area contributed by atoms with Gasteiger partial charge in [-0.15, -0.1) is 0 Å². The number of hydrogen-bond donors (Lipinski definition) is 0. The molecule has 4 nitrogen and oxygen atoms in total. The Morgan fingerprint density at radius 2 is 2.14 bits per heavy atom. The van der Waals surface area contributed by atoms with Crippen molar-refractivity contribution in [2.45, 2.75) is 32.6 Å². The Balaban J connectivity index is 2.17. The van der Waals surface area contributed by atoms with Gasteiger partial charge >= 0.3 is 0 Å². The molecule has 0 saturated carbocycles. The molecule has 0 spiro atoms. The molecule has 0 bridgehead atoms. The van der Waals surface area contributed by atoms with E-state index in [1.54, 1.807) is 4.90 Å². The zero-order valence-electron chi connectivity index (χ0n) is 13.1. The molecule has 1 fully saturated rings. The van der Waals surface area contributed by atoms with E-state index in [1.165, 1.54) is 6.08 Å². The first-order valence-electron chi connectivity index (χ1n) is 7.38. The highest BCUT2D eigenvalue weighted by atomic mass is 35.5. The Hall–Kier alpha value is -1.36. The number of benzene rings is 1. The quantitative estimate of drug-likeness (QED) is 0.780. The topological polar surface area (TPSA) is 38.8 Å². The lowest BCUT2D eigenvalue weighted by molar-refractivity contribution is -0.261. The van der Waals surface area contributed by atoms with Crippen LogP contribution in [-0.2, 0) is 20.8 Å². The SMILES string of the molecule is C=CC(=O)N(Cc1cccc(Cl)c1C)CC1(C)OCCCO1. The summed E-state index contributed by atoms with van der Waals surface area (Å²) < 4.78 is 11.4. The van der Waals surface area contributed by atoms with Crippen LogP contribution in [0.3, 0.4) is 0 Å². The standard InChI is InChI=1S/C17H22ClNO3/c1-4-16(20)19(12-17(3)21-9-6-10-22-17)11-14-7-5-8-15(18)13(14)2/h4-5,7-8H,1,6,9-12H2,2-3H3. The van der Waals surface area contributed by atoms with Gasteiger partial charge in [0.2, 0.25) is 5.91 Å². The van der Waals surface area contributed by atoms with E-state index in [4.69, 9.17) is 21.1 Å². The number of carbonyl (C=O) groups excluding carboxylic acids is 1. The molecule has 2 rings (SSSR count). The van der Waals surface area contributed by atoms with Gasteiger partial charge in [-0.25, -0.2) is 0 Å². The van der Waals surface area contributed by atoms with Crippen LogP contribution in [0.25, 0.3) is 0 Å². The third-order valence-electron chi connectivity index (χ3n) is 3.81. The molecule has 0 aliphatic carbocycles. The summed E-state index contributed by atoms with van der Waals surface area (Å²) in [4.78, 5) is 13.9. The normalized spacial score (nSPS) is 17.0. The molecule has 1 heterocycles. The molecule has 1 saturated heterocycles. The molecule has 1 amide bonds. The molecule has 0 N–H and O–H groups in total. The van der Waals surface area contributed by atoms with E-state index in [-0.39, 0.29) is 5.91 Å². The van der Waals surface area contributed by atoms with E-state index in [0.29, 0.717) is 31.3 Å². The van der Waals surface area contributed by atoms with E-state index in [2.05, 4.69) is 6.58 Å². The highest BCUT2D eigenvalue weighted by molar-refractivity contribution is 6.31. The third kappa shape index (κ3) is 4.09. The van der Waals surface area contributed by atoms with Gasteiger partial charge in [-0.05, 0) is 43.5 Å². The predicted molar refractivity (Wildman–Crippen MR) is 86.7 cm³/mol. The first kappa shape index (κ1) is 17.0. The highest BCUT2D eigenvalue weighted by Gasteiger charge is 2.32. The van der Waals surface area contributed by atoms with Gasteiger partial charge in [0.1, 0.15) is 0 Å². The zero-order valence-corrected chi connectivity index (χ0v) is 13.9. The Labute approximate surface area is 136 Å². The number of amides is 1. The van der Waals surface area contributed by atoms with Crippen molar-refractivity contribution in [3.05, 3.63) is 47.0 Å². The van der Waals surface area contributed by atoms with Crippen molar-refractivity contribution in [3.63, 3.8) is 0 Å². The minimum absolute atomic E-state index is 0.154. The van der Waals surface area contributed by atoms with Crippen LogP contribution in [-0.4, -0.2) is 36.4 Å². The Morgan fingerprint density at radius 1 is 1.45 bits per heavy atom. The second kappa shape index (κ2) is 7.27. The third-order valence-corrected chi connectivity index (χ3v) is 4.22. The molecule has 1 aromatic rings. The summed E-state index contributed by atoms with van der Waals surface area (Å²) in [7, 11) is 0. The lowest BCUT2D eigenvalue weighted by Crippen LogP contribution is -2.49. The number of hydrogen-bond acceptors (Lipinski definition) is 3. The van der Waals surface area contributed by atoms with Gasteiger partial charge < -0.3 is 14.4 Å². The summed E-state index contributed by atoms with van der Waals surface area (Å²) in [5.74, 6) is -0.929. The predicted octanol–water partition coefficient (Wildman–Crippen LogP) is 3.32. The summed E-state index contributed by atoms with van der Waals surface area (Å²) >= 11 is 6.16. The van der Waals surface area contributed by atoms with Gasteiger partial charge in [0.25, 0.3) is 0 Å². The van der Waals surface area contributed by atoms with E-state index < -0.39 is 5.79 Å². The lowest BCUT2D eigenvalue weighted by atomic mass is 10.1. The van der Waals surface area contributed by atoms with Gasteiger partial charge in [0.05, 0.1) is 19.8 Å². The maximum absolute atomic E-state index is 12.2. The first-order valence-corrected chi connectivity index (χ1v) is 7.76. The second-order valence-electron chi connectivity index (χ2n) is 5.61. The maximum atomic E-state index is 12.2. The average molecular weight is 324 g/mol. The minimum atomic E-state index is -0.774. The Bertz CT molecular complexity index is 553. The van der Waals surface area contributed by atoms with Gasteiger partial charge in [-0.1, -0.05) is 30.3 Å². The van der Waals surface area contributed by atoms with Crippen LogP contribution in [0.1, 0.15) is 24.5 Å². The van der Waals surface area contributed by atoms with Crippen LogP contribution < -0.4 is 0 Å². The number of rotatable bonds is 5. The Kier molecular flexibility index (Phi) is 5.62. The minimum Gasteiger partial charge on any atom is -0.348 e. The Morgan fingerprint density at radius 3 is 2.77 bits per heavy atom. The number of halogens is 1. The van der Waals surface area contributed by atoms with Gasteiger partial charge in [0.15, 0.2) is 5.79 Å². The van der Waals surface area contributed by atoms with Crippen LogP contribution in [0.15, 0.2) is 30.9 Å². The van der Waals surface area contributed by atoms with Crippen molar-refractivity contribution in [2.75, 3.05) is 19.8 Å². The fraction of sp³-hybridized carbons (Fsp3) is 0.471. The van der Waals surface area contributed by atoms with E-state index in [1.807, 2.05) is 32.0 Å². The maximum Gasteiger partial charge on any atom is 0.246 e. The lowest BCUT2D eigenvalue weighted by Gasteiger charge is -2.38. The molecule has 0 radical (unpaired) electrons. The smallest absolute Gasteiger partial charge is 0.246 e. The van der Waals surface area contributed by atoms with Crippen molar-refractivity contribution in [2.24, 2.45) is 0 Å². The summed E-state index contributed by atoms with van der Waals surface area (Å²) in [6, 6.07) is 5.70. The van der Waals surface area contributed by atoms with Gasteiger partial charge in [-0.2, -0.15) is 0 Å². The largest absolute Gasteiger partial charge is 0.348 e. The first-order chi connectivity index (χ1) is 10.4. The van der Waals surface area contributed by atoms with Crippen molar-refractivity contribution in [1.29, 1.82) is 0 Å². The fourth-order valence-electron chi connectivity index (χ4n) is 2.48.